The molecule has 0 aromatic rings. The van der Waals surface area contributed by atoms with Crippen molar-refractivity contribution in [1.82, 2.24) is 4.90 Å². The zero-order valence-electron chi connectivity index (χ0n) is 9.42. The SMILES string of the molecule is CCCC(CN)N(C)C(C)CSC. The lowest BCUT2D eigenvalue weighted by Gasteiger charge is -2.32. The molecule has 13 heavy (non-hydrogen) atoms. The molecule has 2 N–H and O–H groups in total. The van der Waals surface area contributed by atoms with Crippen LogP contribution in [0.3, 0.4) is 0 Å². The molecule has 80 valence electrons. The summed E-state index contributed by atoms with van der Waals surface area (Å²) in [5, 5.41) is 0. The van der Waals surface area contributed by atoms with Gasteiger partial charge in [0.05, 0.1) is 0 Å². The van der Waals surface area contributed by atoms with Crippen molar-refractivity contribution in [2.24, 2.45) is 5.73 Å². The first-order valence-corrected chi connectivity index (χ1v) is 6.47. The minimum absolute atomic E-state index is 0.562. The Balaban J connectivity index is 3.94. The minimum atomic E-state index is 0.562. The quantitative estimate of drug-likeness (QED) is 0.685. The molecule has 3 heteroatoms. The van der Waals surface area contributed by atoms with Gasteiger partial charge in [-0.15, -0.1) is 0 Å². The molecule has 0 amide bonds. The lowest BCUT2D eigenvalue weighted by molar-refractivity contribution is 0.192. The number of nitrogens with zero attached hydrogens (tertiary/aromatic N) is 1. The molecule has 0 spiro atoms. The molecule has 0 saturated carbocycles. The maximum Gasteiger partial charge on any atom is 0.0218 e. The van der Waals surface area contributed by atoms with E-state index in [-0.39, 0.29) is 0 Å². The van der Waals surface area contributed by atoms with E-state index in [1.165, 1.54) is 18.6 Å². The molecule has 0 aromatic carbocycles. The first-order chi connectivity index (χ1) is 6.17. The zero-order valence-corrected chi connectivity index (χ0v) is 10.2. The van der Waals surface area contributed by atoms with Gasteiger partial charge in [0.15, 0.2) is 0 Å². The number of rotatable bonds is 7. The summed E-state index contributed by atoms with van der Waals surface area (Å²) in [4.78, 5) is 2.42. The normalized spacial score (nSPS) is 16.2. The van der Waals surface area contributed by atoms with E-state index < -0.39 is 0 Å². The average molecular weight is 204 g/mol. The van der Waals surface area contributed by atoms with Gasteiger partial charge < -0.3 is 5.73 Å². The van der Waals surface area contributed by atoms with Crippen LogP contribution in [0.1, 0.15) is 26.7 Å². The van der Waals surface area contributed by atoms with Crippen LogP contribution in [0.2, 0.25) is 0 Å². The highest BCUT2D eigenvalue weighted by Crippen LogP contribution is 2.10. The number of hydrogen-bond acceptors (Lipinski definition) is 3. The monoisotopic (exact) mass is 204 g/mol. The zero-order chi connectivity index (χ0) is 10.3. The Kier molecular flexibility index (Phi) is 7.81. The summed E-state index contributed by atoms with van der Waals surface area (Å²) in [7, 11) is 2.19. The van der Waals surface area contributed by atoms with E-state index in [9.17, 15) is 0 Å². The highest BCUT2D eigenvalue weighted by Gasteiger charge is 2.16. The molecule has 0 heterocycles. The Labute approximate surface area is 87.2 Å². The maximum absolute atomic E-state index is 5.75. The first-order valence-electron chi connectivity index (χ1n) is 5.08. The van der Waals surface area contributed by atoms with Gasteiger partial charge in [0, 0.05) is 24.4 Å². The minimum Gasteiger partial charge on any atom is -0.329 e. The molecular formula is C10H24N2S. The Morgan fingerprint density at radius 2 is 2.08 bits per heavy atom. The average Bonchev–Trinajstić information content (AvgIpc) is 2.13. The van der Waals surface area contributed by atoms with Crippen LogP contribution >= 0.6 is 11.8 Å². The summed E-state index contributed by atoms with van der Waals surface area (Å²) in [6, 6.07) is 1.20. The lowest BCUT2D eigenvalue weighted by atomic mass is 10.1. The van der Waals surface area contributed by atoms with Crippen LogP contribution in [-0.2, 0) is 0 Å². The molecular weight excluding hydrogens is 180 g/mol. The van der Waals surface area contributed by atoms with Crippen molar-refractivity contribution in [3.63, 3.8) is 0 Å². The highest BCUT2D eigenvalue weighted by atomic mass is 32.2. The van der Waals surface area contributed by atoms with Crippen LogP contribution in [-0.4, -0.2) is 42.6 Å². The van der Waals surface area contributed by atoms with Gasteiger partial charge in [-0.2, -0.15) is 11.8 Å². The number of thioether (sulfide) groups is 1. The topological polar surface area (TPSA) is 29.3 Å². The van der Waals surface area contributed by atoms with Crippen LogP contribution in [0.5, 0.6) is 0 Å². The van der Waals surface area contributed by atoms with E-state index >= 15 is 0 Å². The van der Waals surface area contributed by atoms with Crippen LogP contribution in [0.25, 0.3) is 0 Å². The Morgan fingerprint density at radius 3 is 2.46 bits per heavy atom. The Morgan fingerprint density at radius 1 is 1.46 bits per heavy atom. The van der Waals surface area contributed by atoms with Crippen molar-refractivity contribution in [2.45, 2.75) is 38.8 Å². The molecule has 0 aliphatic heterocycles. The third kappa shape index (κ3) is 4.89. The molecule has 0 fully saturated rings. The van der Waals surface area contributed by atoms with Crippen molar-refractivity contribution in [2.75, 3.05) is 25.6 Å². The summed E-state index contributed by atoms with van der Waals surface area (Å²) in [6.45, 7) is 5.27. The second-order valence-corrected chi connectivity index (χ2v) is 4.56. The lowest BCUT2D eigenvalue weighted by Crippen LogP contribution is -2.44. The molecule has 0 saturated heterocycles. The Hall–Kier alpha value is 0.270. The van der Waals surface area contributed by atoms with E-state index in [0.29, 0.717) is 12.1 Å². The molecule has 0 radical (unpaired) electrons. The number of nitrogens with two attached hydrogens (primary N) is 1. The summed E-state index contributed by atoms with van der Waals surface area (Å²) < 4.78 is 0. The fourth-order valence-electron chi connectivity index (χ4n) is 1.54. The van der Waals surface area contributed by atoms with Gasteiger partial charge >= 0.3 is 0 Å². The predicted molar refractivity (Wildman–Crippen MR) is 63.4 cm³/mol. The van der Waals surface area contributed by atoms with E-state index in [4.69, 9.17) is 5.73 Å². The molecule has 2 nitrogen and oxygen atoms in total. The van der Waals surface area contributed by atoms with Crippen LogP contribution in [0.15, 0.2) is 0 Å². The van der Waals surface area contributed by atoms with Crippen molar-refractivity contribution in [1.29, 1.82) is 0 Å². The van der Waals surface area contributed by atoms with Gasteiger partial charge in [0.1, 0.15) is 0 Å². The second kappa shape index (κ2) is 7.65. The van der Waals surface area contributed by atoms with Crippen molar-refractivity contribution >= 4 is 11.8 Å². The number of likely N-dealkylation sites (N-methyl/N-ethyl adjacent to an activating group) is 1. The van der Waals surface area contributed by atoms with Gasteiger partial charge in [0.2, 0.25) is 0 Å². The summed E-state index contributed by atoms with van der Waals surface area (Å²) >= 11 is 1.90. The van der Waals surface area contributed by atoms with Crippen LogP contribution in [0.4, 0.5) is 0 Å². The van der Waals surface area contributed by atoms with Crippen molar-refractivity contribution in [3.8, 4) is 0 Å². The van der Waals surface area contributed by atoms with E-state index in [1.54, 1.807) is 0 Å². The molecule has 2 unspecified atom stereocenters. The molecule has 0 aliphatic carbocycles. The van der Waals surface area contributed by atoms with Crippen molar-refractivity contribution < 1.29 is 0 Å². The summed E-state index contributed by atoms with van der Waals surface area (Å²) in [5.41, 5.74) is 5.75. The smallest absolute Gasteiger partial charge is 0.0218 e. The molecule has 2 atom stereocenters. The van der Waals surface area contributed by atoms with E-state index in [1.807, 2.05) is 11.8 Å². The van der Waals surface area contributed by atoms with Gasteiger partial charge in [-0.25, -0.2) is 0 Å². The van der Waals surface area contributed by atoms with Crippen LogP contribution in [0, 0.1) is 0 Å². The number of hydrogen-bond donors (Lipinski definition) is 1. The second-order valence-electron chi connectivity index (χ2n) is 3.65. The largest absolute Gasteiger partial charge is 0.329 e. The fraction of sp³-hybridized carbons (Fsp3) is 1.00. The molecule has 0 aliphatic rings. The van der Waals surface area contributed by atoms with Gasteiger partial charge in [-0.3, -0.25) is 4.90 Å². The Bertz CT molecular complexity index is 119. The van der Waals surface area contributed by atoms with Gasteiger partial charge in [-0.05, 0) is 26.6 Å². The third-order valence-corrected chi connectivity index (χ3v) is 3.39. The maximum atomic E-state index is 5.75. The van der Waals surface area contributed by atoms with Crippen LogP contribution < -0.4 is 5.73 Å². The third-order valence-electron chi connectivity index (χ3n) is 2.57. The van der Waals surface area contributed by atoms with Crippen molar-refractivity contribution in [3.05, 3.63) is 0 Å². The predicted octanol–water partition coefficient (Wildman–Crippen LogP) is 1.80. The summed E-state index contributed by atoms with van der Waals surface area (Å²) in [6.07, 6.45) is 4.59. The first kappa shape index (κ1) is 13.3. The standard InChI is InChI=1S/C10H24N2S/c1-5-6-10(7-11)12(3)9(2)8-13-4/h9-10H,5-8,11H2,1-4H3. The van der Waals surface area contributed by atoms with E-state index in [2.05, 4.69) is 32.1 Å². The van der Waals surface area contributed by atoms with E-state index in [0.717, 1.165) is 6.54 Å². The highest BCUT2D eigenvalue weighted by molar-refractivity contribution is 7.98. The van der Waals surface area contributed by atoms with Gasteiger partial charge in [0.25, 0.3) is 0 Å². The van der Waals surface area contributed by atoms with Gasteiger partial charge in [-0.1, -0.05) is 13.3 Å². The molecule has 0 bridgehead atoms. The molecule has 0 aromatic heterocycles. The summed E-state index contributed by atoms with van der Waals surface area (Å²) in [5.74, 6) is 1.19. The fourth-order valence-corrected chi connectivity index (χ4v) is 2.26. The molecule has 0 rings (SSSR count).